The van der Waals surface area contributed by atoms with E-state index >= 15 is 0 Å². The third kappa shape index (κ3) is 2.92. The van der Waals surface area contributed by atoms with Gasteiger partial charge in [0, 0.05) is 12.1 Å². The number of hydrogen-bond donors (Lipinski definition) is 6. The Labute approximate surface area is 126 Å². The quantitative estimate of drug-likeness (QED) is 0.204. The number of aromatic amines is 1. The van der Waals surface area contributed by atoms with Crippen molar-refractivity contribution >= 4 is 23.3 Å². The Morgan fingerprint density at radius 1 is 1.52 bits per heavy atom. The molecule has 0 radical (unpaired) electrons. The van der Waals surface area contributed by atoms with Gasteiger partial charge in [-0.05, 0) is 17.2 Å². The van der Waals surface area contributed by atoms with E-state index in [0.29, 0.717) is 27.7 Å². The van der Waals surface area contributed by atoms with Gasteiger partial charge in [-0.1, -0.05) is 23.7 Å². The van der Waals surface area contributed by atoms with Crippen molar-refractivity contribution in [3.05, 3.63) is 34.5 Å². The molecule has 0 amide bonds. The van der Waals surface area contributed by atoms with Crippen LogP contribution < -0.4 is 22.4 Å². The number of nitrogens with one attached hydrogen (secondary N) is 3. The van der Waals surface area contributed by atoms with Crippen LogP contribution in [0.4, 0.5) is 5.82 Å². The molecule has 0 aliphatic carbocycles. The molecular formula is C12H16ClN7O. The molecule has 1 heterocycles. The van der Waals surface area contributed by atoms with E-state index in [0.717, 1.165) is 5.56 Å². The van der Waals surface area contributed by atoms with Crippen molar-refractivity contribution in [2.75, 3.05) is 12.4 Å². The van der Waals surface area contributed by atoms with E-state index in [4.69, 9.17) is 23.2 Å². The standard InChI is InChI=1S/C12H16ClN7O/c1-16-12-9(10(17-19-12)11(14)18-20-15)6-2-3-7(5-21)8(13)4-6/h2-4,20-21H,5,15H2,1H3,(H2,14,18)(H2,16,17,19). The van der Waals surface area contributed by atoms with Gasteiger partial charge in [-0.15, -0.1) is 5.10 Å². The van der Waals surface area contributed by atoms with E-state index in [1.807, 2.05) is 6.07 Å². The van der Waals surface area contributed by atoms with E-state index in [9.17, 15) is 5.11 Å². The zero-order valence-electron chi connectivity index (χ0n) is 11.3. The monoisotopic (exact) mass is 309 g/mol. The number of aromatic nitrogens is 2. The number of halogens is 1. The summed E-state index contributed by atoms with van der Waals surface area (Å²) in [5, 5.41) is 23.3. The van der Waals surface area contributed by atoms with Gasteiger partial charge in [-0.25, -0.2) is 11.4 Å². The van der Waals surface area contributed by atoms with Crippen LogP contribution in [-0.4, -0.2) is 28.2 Å². The number of aliphatic hydroxyl groups is 1. The summed E-state index contributed by atoms with van der Waals surface area (Å²) >= 11 is 6.13. The van der Waals surface area contributed by atoms with E-state index in [-0.39, 0.29) is 12.4 Å². The van der Waals surface area contributed by atoms with Crippen molar-refractivity contribution in [1.29, 1.82) is 0 Å². The van der Waals surface area contributed by atoms with E-state index in [1.54, 1.807) is 19.2 Å². The van der Waals surface area contributed by atoms with Gasteiger partial charge in [0.25, 0.3) is 0 Å². The predicted molar refractivity (Wildman–Crippen MR) is 82.6 cm³/mol. The number of aliphatic hydroxyl groups excluding tert-OH is 1. The topological polar surface area (TPSA) is 137 Å². The van der Waals surface area contributed by atoms with Crippen molar-refractivity contribution < 1.29 is 5.11 Å². The molecule has 0 fully saturated rings. The third-order valence-corrected chi connectivity index (χ3v) is 3.31. The molecule has 1 aromatic heterocycles. The number of rotatable bonds is 5. The van der Waals surface area contributed by atoms with Gasteiger partial charge in [0.05, 0.1) is 12.2 Å². The molecule has 0 aliphatic rings. The number of hydrogen-bond acceptors (Lipinski definition) is 6. The Balaban J connectivity index is 2.59. The lowest BCUT2D eigenvalue weighted by Gasteiger charge is -2.08. The van der Waals surface area contributed by atoms with Crippen molar-refractivity contribution in [3.8, 4) is 11.1 Å². The number of amidine groups is 1. The minimum Gasteiger partial charge on any atom is -0.392 e. The average Bonchev–Trinajstić information content (AvgIpc) is 2.91. The highest BCUT2D eigenvalue weighted by atomic mass is 35.5. The molecule has 0 saturated carbocycles. The van der Waals surface area contributed by atoms with Crippen LogP contribution in [0.2, 0.25) is 5.02 Å². The van der Waals surface area contributed by atoms with E-state index in [1.165, 1.54) is 0 Å². The number of nitrogens with two attached hydrogens (primary N) is 2. The fourth-order valence-corrected chi connectivity index (χ4v) is 2.19. The van der Waals surface area contributed by atoms with Crippen molar-refractivity contribution in [2.45, 2.75) is 6.61 Å². The normalized spacial score (nSPS) is 11.5. The second-order valence-corrected chi connectivity index (χ2v) is 4.57. The maximum absolute atomic E-state index is 9.18. The molecule has 0 spiro atoms. The Kier molecular flexibility index (Phi) is 4.63. The van der Waals surface area contributed by atoms with Gasteiger partial charge >= 0.3 is 0 Å². The highest BCUT2D eigenvalue weighted by Gasteiger charge is 2.18. The van der Waals surface area contributed by atoms with Gasteiger partial charge in [0.15, 0.2) is 11.7 Å². The molecule has 0 unspecified atom stereocenters. The summed E-state index contributed by atoms with van der Waals surface area (Å²) in [6.45, 7) is -0.128. The zero-order chi connectivity index (χ0) is 15.4. The number of nitrogens with zero attached hydrogens (tertiary/aromatic N) is 2. The summed E-state index contributed by atoms with van der Waals surface area (Å²) < 4.78 is 0. The maximum atomic E-state index is 9.18. The van der Waals surface area contributed by atoms with Crippen LogP contribution >= 0.6 is 11.6 Å². The highest BCUT2D eigenvalue weighted by Crippen LogP contribution is 2.32. The third-order valence-electron chi connectivity index (χ3n) is 2.96. The van der Waals surface area contributed by atoms with Crippen LogP contribution in [0, 0.1) is 0 Å². The molecule has 8 nitrogen and oxygen atoms in total. The lowest BCUT2D eigenvalue weighted by atomic mass is 10.0. The number of anilines is 1. The van der Waals surface area contributed by atoms with Crippen LogP contribution in [0.25, 0.3) is 11.1 Å². The first-order chi connectivity index (χ1) is 10.1. The number of H-pyrrole nitrogens is 1. The fraction of sp³-hybridized carbons (Fsp3) is 0.167. The lowest BCUT2D eigenvalue weighted by Crippen LogP contribution is -2.23. The van der Waals surface area contributed by atoms with Gasteiger partial charge < -0.3 is 16.2 Å². The second-order valence-electron chi connectivity index (χ2n) is 4.16. The molecule has 0 aliphatic heterocycles. The average molecular weight is 310 g/mol. The Morgan fingerprint density at radius 2 is 2.29 bits per heavy atom. The molecule has 9 heteroatoms. The lowest BCUT2D eigenvalue weighted by molar-refractivity contribution is 0.282. The summed E-state index contributed by atoms with van der Waals surface area (Å²) in [5.41, 5.74) is 10.6. The Morgan fingerprint density at radius 3 is 2.86 bits per heavy atom. The Hall–Kier alpha value is -2.29. The first-order valence-electron chi connectivity index (χ1n) is 6.07. The summed E-state index contributed by atoms with van der Waals surface area (Å²) in [6, 6.07) is 5.28. The van der Waals surface area contributed by atoms with E-state index in [2.05, 4.69) is 26.2 Å². The number of hydrazone groups is 1. The highest BCUT2D eigenvalue weighted by molar-refractivity contribution is 6.31. The SMILES string of the molecule is CNc1n[nH]c(/C(N)=N/NN)c1-c1ccc(CO)c(Cl)c1. The van der Waals surface area contributed by atoms with Crippen LogP contribution in [-0.2, 0) is 6.61 Å². The Bertz CT molecular complexity index is 668. The number of benzene rings is 1. The molecule has 2 aromatic rings. The molecule has 21 heavy (non-hydrogen) atoms. The van der Waals surface area contributed by atoms with E-state index < -0.39 is 0 Å². The maximum Gasteiger partial charge on any atom is 0.170 e. The predicted octanol–water partition coefficient (Wildman–Crippen LogP) is 0.348. The van der Waals surface area contributed by atoms with Gasteiger partial charge in [-0.2, -0.15) is 5.10 Å². The van der Waals surface area contributed by atoms with Crippen molar-refractivity contribution in [1.82, 2.24) is 15.7 Å². The smallest absolute Gasteiger partial charge is 0.170 e. The van der Waals surface area contributed by atoms with Crippen LogP contribution in [0.5, 0.6) is 0 Å². The first kappa shape index (κ1) is 15.1. The summed E-state index contributed by atoms with van der Waals surface area (Å²) in [6.07, 6.45) is 0. The second kappa shape index (κ2) is 6.44. The largest absolute Gasteiger partial charge is 0.392 e. The summed E-state index contributed by atoms with van der Waals surface area (Å²) in [5.74, 6) is 5.89. The van der Waals surface area contributed by atoms with Crippen LogP contribution in [0.3, 0.4) is 0 Å². The fourth-order valence-electron chi connectivity index (χ4n) is 1.95. The molecule has 112 valence electrons. The molecule has 0 bridgehead atoms. The minimum atomic E-state index is -0.128. The number of hydrazine groups is 1. The molecular weight excluding hydrogens is 294 g/mol. The van der Waals surface area contributed by atoms with Crippen molar-refractivity contribution in [2.24, 2.45) is 16.7 Å². The van der Waals surface area contributed by atoms with Crippen molar-refractivity contribution in [3.63, 3.8) is 0 Å². The van der Waals surface area contributed by atoms with Gasteiger partial charge in [0.2, 0.25) is 0 Å². The molecule has 2 rings (SSSR count). The summed E-state index contributed by atoms with van der Waals surface area (Å²) in [4.78, 5) is 0. The van der Waals surface area contributed by atoms with Gasteiger partial charge in [0.1, 0.15) is 5.69 Å². The molecule has 0 saturated heterocycles. The van der Waals surface area contributed by atoms with Crippen LogP contribution in [0.1, 0.15) is 11.3 Å². The summed E-state index contributed by atoms with van der Waals surface area (Å²) in [7, 11) is 1.74. The minimum absolute atomic E-state index is 0.128. The molecule has 1 aromatic carbocycles. The molecule has 8 N–H and O–H groups in total. The zero-order valence-corrected chi connectivity index (χ0v) is 12.1. The molecule has 0 atom stereocenters. The van der Waals surface area contributed by atoms with Gasteiger partial charge in [-0.3, -0.25) is 5.10 Å². The van der Waals surface area contributed by atoms with Crippen LogP contribution in [0.15, 0.2) is 23.3 Å². The first-order valence-corrected chi connectivity index (χ1v) is 6.45.